The fourth-order valence-corrected chi connectivity index (χ4v) is 3.20. The summed E-state index contributed by atoms with van der Waals surface area (Å²) in [7, 11) is 1.95. The van der Waals surface area contributed by atoms with Gasteiger partial charge in [-0.15, -0.1) is 0 Å². The molecule has 0 saturated heterocycles. The van der Waals surface area contributed by atoms with Gasteiger partial charge < -0.3 is 10.6 Å². The smallest absolute Gasteiger partial charge is 0.0600 e. The first-order valence-electron chi connectivity index (χ1n) is 7.00. The molecule has 0 unspecified atom stereocenters. The molecule has 2 aromatic carbocycles. The first-order valence-corrected chi connectivity index (χ1v) is 7.38. The third kappa shape index (κ3) is 2.30. The first-order chi connectivity index (χ1) is 9.70. The maximum atomic E-state index is 6.19. The maximum absolute atomic E-state index is 6.19. The van der Waals surface area contributed by atoms with Crippen molar-refractivity contribution in [1.29, 1.82) is 0 Å². The lowest BCUT2D eigenvalue weighted by molar-refractivity contribution is 0.517. The van der Waals surface area contributed by atoms with Crippen molar-refractivity contribution in [3.05, 3.63) is 64.2 Å². The van der Waals surface area contributed by atoms with Gasteiger partial charge in [-0.3, -0.25) is 0 Å². The summed E-state index contributed by atoms with van der Waals surface area (Å²) in [5, 5.41) is 7.68. The van der Waals surface area contributed by atoms with E-state index in [0.29, 0.717) is 5.92 Å². The zero-order chi connectivity index (χ0) is 14.1. The molecular formula is C17H19ClN2. The van der Waals surface area contributed by atoms with E-state index in [-0.39, 0.29) is 6.04 Å². The molecule has 0 amide bonds. The summed E-state index contributed by atoms with van der Waals surface area (Å²) in [6.45, 7) is 3.25. The predicted molar refractivity (Wildman–Crippen MR) is 85.7 cm³/mol. The standard InChI is InChI=1S/C17H19ClN2/c1-11-10-20-17(14-6-4-3-5-13(11)14)15-9-12(18)7-8-16(15)19-2/h3-9,11,17,19-20H,10H2,1-2H3/t11-,17-/m0/s1. The van der Waals surface area contributed by atoms with Crippen LogP contribution in [0.5, 0.6) is 0 Å². The van der Waals surface area contributed by atoms with Crippen LogP contribution in [0.25, 0.3) is 0 Å². The quantitative estimate of drug-likeness (QED) is 0.865. The summed E-state index contributed by atoms with van der Waals surface area (Å²) < 4.78 is 0. The molecule has 0 saturated carbocycles. The van der Waals surface area contributed by atoms with Crippen LogP contribution in [0, 0.1) is 0 Å². The van der Waals surface area contributed by atoms with Gasteiger partial charge in [-0.25, -0.2) is 0 Å². The van der Waals surface area contributed by atoms with E-state index >= 15 is 0 Å². The van der Waals surface area contributed by atoms with Gasteiger partial charge in [0.15, 0.2) is 0 Å². The Kier molecular flexibility index (Phi) is 3.68. The zero-order valence-corrected chi connectivity index (χ0v) is 12.5. The highest BCUT2D eigenvalue weighted by molar-refractivity contribution is 6.30. The van der Waals surface area contributed by atoms with E-state index < -0.39 is 0 Å². The van der Waals surface area contributed by atoms with E-state index in [9.17, 15) is 0 Å². The van der Waals surface area contributed by atoms with Crippen LogP contribution in [-0.4, -0.2) is 13.6 Å². The minimum Gasteiger partial charge on any atom is -0.388 e. The Morgan fingerprint density at radius 3 is 2.60 bits per heavy atom. The number of anilines is 1. The monoisotopic (exact) mass is 286 g/mol. The molecule has 3 heteroatoms. The Bertz CT molecular complexity index is 624. The molecule has 0 bridgehead atoms. The topological polar surface area (TPSA) is 24.1 Å². The van der Waals surface area contributed by atoms with Gasteiger partial charge in [0.2, 0.25) is 0 Å². The second-order valence-electron chi connectivity index (χ2n) is 5.35. The van der Waals surface area contributed by atoms with Gasteiger partial charge in [0.05, 0.1) is 6.04 Å². The van der Waals surface area contributed by atoms with Crippen molar-refractivity contribution >= 4 is 17.3 Å². The summed E-state index contributed by atoms with van der Waals surface area (Å²) >= 11 is 6.19. The Morgan fingerprint density at radius 1 is 1.10 bits per heavy atom. The van der Waals surface area contributed by atoms with Gasteiger partial charge in [0.1, 0.15) is 0 Å². The van der Waals surface area contributed by atoms with Crippen LogP contribution in [0.4, 0.5) is 5.69 Å². The molecule has 0 aliphatic carbocycles. The summed E-state index contributed by atoms with van der Waals surface area (Å²) in [5.74, 6) is 0.541. The average Bonchev–Trinajstić information content (AvgIpc) is 2.48. The first kappa shape index (κ1) is 13.5. The van der Waals surface area contributed by atoms with Gasteiger partial charge in [0, 0.05) is 24.3 Å². The Labute approximate surface area is 125 Å². The van der Waals surface area contributed by atoms with E-state index in [4.69, 9.17) is 11.6 Å². The fourth-order valence-electron chi connectivity index (χ4n) is 3.01. The average molecular weight is 287 g/mol. The number of hydrogen-bond donors (Lipinski definition) is 2. The minimum absolute atomic E-state index is 0.198. The number of nitrogens with one attached hydrogen (secondary N) is 2. The Morgan fingerprint density at radius 2 is 1.85 bits per heavy atom. The molecule has 20 heavy (non-hydrogen) atoms. The van der Waals surface area contributed by atoms with Crippen LogP contribution in [0.2, 0.25) is 5.02 Å². The molecule has 0 radical (unpaired) electrons. The SMILES string of the molecule is CNc1ccc(Cl)cc1[C@H]1NC[C@H](C)c2ccccc21. The van der Waals surface area contributed by atoms with Crippen LogP contribution in [0.15, 0.2) is 42.5 Å². The van der Waals surface area contributed by atoms with Crippen LogP contribution in [0.3, 0.4) is 0 Å². The lowest BCUT2D eigenvalue weighted by atomic mass is 9.84. The van der Waals surface area contributed by atoms with E-state index in [1.807, 2.05) is 19.2 Å². The molecule has 2 nitrogen and oxygen atoms in total. The summed E-state index contributed by atoms with van der Waals surface area (Å²) in [4.78, 5) is 0. The second-order valence-corrected chi connectivity index (χ2v) is 5.79. The number of hydrogen-bond acceptors (Lipinski definition) is 2. The highest BCUT2D eigenvalue weighted by Crippen LogP contribution is 2.37. The number of rotatable bonds is 2. The normalized spacial score (nSPS) is 21.4. The fraction of sp³-hybridized carbons (Fsp3) is 0.294. The third-order valence-corrected chi connectivity index (χ3v) is 4.30. The van der Waals surface area contributed by atoms with Gasteiger partial charge in [0.25, 0.3) is 0 Å². The third-order valence-electron chi connectivity index (χ3n) is 4.06. The molecule has 3 rings (SSSR count). The maximum Gasteiger partial charge on any atom is 0.0600 e. The Balaban J connectivity index is 2.12. The Hall–Kier alpha value is -1.51. The van der Waals surface area contributed by atoms with Crippen molar-refractivity contribution in [3.8, 4) is 0 Å². The molecule has 0 aromatic heterocycles. The van der Waals surface area contributed by atoms with E-state index in [0.717, 1.165) is 17.3 Å². The molecule has 104 valence electrons. The lowest BCUT2D eigenvalue weighted by Gasteiger charge is -2.32. The second kappa shape index (κ2) is 5.47. The van der Waals surface area contributed by atoms with Crippen molar-refractivity contribution in [1.82, 2.24) is 5.32 Å². The van der Waals surface area contributed by atoms with Crippen molar-refractivity contribution in [2.24, 2.45) is 0 Å². The van der Waals surface area contributed by atoms with Crippen molar-refractivity contribution in [3.63, 3.8) is 0 Å². The number of halogens is 1. The van der Waals surface area contributed by atoms with Crippen LogP contribution >= 0.6 is 11.6 Å². The summed E-state index contributed by atoms with van der Waals surface area (Å²) in [5.41, 5.74) is 5.11. The molecule has 0 spiro atoms. The van der Waals surface area contributed by atoms with Crippen molar-refractivity contribution in [2.75, 3.05) is 18.9 Å². The van der Waals surface area contributed by atoms with E-state index in [2.05, 4.69) is 47.9 Å². The van der Waals surface area contributed by atoms with Crippen LogP contribution in [-0.2, 0) is 0 Å². The zero-order valence-electron chi connectivity index (χ0n) is 11.8. The molecule has 1 heterocycles. The summed E-state index contributed by atoms with van der Waals surface area (Å²) in [6, 6.07) is 14.9. The molecule has 0 fully saturated rings. The van der Waals surface area contributed by atoms with Gasteiger partial charge in [-0.2, -0.15) is 0 Å². The number of fused-ring (bicyclic) bond motifs is 1. The van der Waals surface area contributed by atoms with E-state index in [1.165, 1.54) is 16.7 Å². The summed E-state index contributed by atoms with van der Waals surface area (Å²) in [6.07, 6.45) is 0. The molecule has 2 aromatic rings. The van der Waals surface area contributed by atoms with Crippen LogP contribution < -0.4 is 10.6 Å². The van der Waals surface area contributed by atoms with Gasteiger partial charge in [-0.1, -0.05) is 42.8 Å². The molecule has 1 aliphatic heterocycles. The highest BCUT2D eigenvalue weighted by atomic mass is 35.5. The molecule has 2 atom stereocenters. The van der Waals surface area contributed by atoms with Crippen molar-refractivity contribution < 1.29 is 0 Å². The molecule has 1 aliphatic rings. The number of benzene rings is 2. The van der Waals surface area contributed by atoms with E-state index in [1.54, 1.807) is 0 Å². The molecular weight excluding hydrogens is 268 g/mol. The van der Waals surface area contributed by atoms with Crippen molar-refractivity contribution in [2.45, 2.75) is 18.9 Å². The van der Waals surface area contributed by atoms with Crippen LogP contribution in [0.1, 0.15) is 35.6 Å². The predicted octanol–water partition coefficient (Wildman–Crippen LogP) is 4.18. The van der Waals surface area contributed by atoms with Gasteiger partial charge in [-0.05, 0) is 40.8 Å². The van der Waals surface area contributed by atoms with Gasteiger partial charge >= 0.3 is 0 Å². The lowest BCUT2D eigenvalue weighted by Crippen LogP contribution is -2.33. The highest BCUT2D eigenvalue weighted by Gasteiger charge is 2.26. The largest absolute Gasteiger partial charge is 0.388 e. The molecule has 2 N–H and O–H groups in total. The minimum atomic E-state index is 0.198.